The van der Waals surface area contributed by atoms with Gasteiger partial charge in [0, 0.05) is 46.0 Å². The van der Waals surface area contributed by atoms with Gasteiger partial charge in [0.25, 0.3) is 16.8 Å². The Labute approximate surface area is 230 Å². The van der Waals surface area contributed by atoms with Gasteiger partial charge in [-0.2, -0.15) is 0 Å². The summed E-state index contributed by atoms with van der Waals surface area (Å²) in [4.78, 5) is 62.2. The van der Waals surface area contributed by atoms with Gasteiger partial charge in [-0.1, -0.05) is 18.2 Å². The van der Waals surface area contributed by atoms with Crippen LogP contribution in [0.4, 0.5) is 20.6 Å². The van der Waals surface area contributed by atoms with Crippen LogP contribution in [0.3, 0.4) is 0 Å². The zero-order valence-electron chi connectivity index (χ0n) is 20.6. The number of nitrogens with one attached hydrogen (secondary N) is 1. The number of aromatic nitrogens is 1. The molecule has 12 heteroatoms. The molecule has 5 rings (SSSR count). The number of carbonyl (C=O) groups excluding carboxylic acids is 4. The summed E-state index contributed by atoms with van der Waals surface area (Å²) in [6, 6.07) is 17.5. The van der Waals surface area contributed by atoms with Gasteiger partial charge < -0.3 is 9.88 Å². The van der Waals surface area contributed by atoms with E-state index in [4.69, 9.17) is 0 Å². The van der Waals surface area contributed by atoms with Gasteiger partial charge in [-0.3, -0.25) is 34.2 Å². The summed E-state index contributed by atoms with van der Waals surface area (Å²) in [7, 11) is 0. The fraction of sp³-hybridized carbons (Fsp3) is 0.0714. The number of carbonyl (C=O) groups is 4. The summed E-state index contributed by atoms with van der Waals surface area (Å²) < 4.78 is 14.9. The monoisotopic (exact) mass is 558 g/mol. The average Bonchev–Trinajstić information content (AvgIpc) is 3.41. The maximum atomic E-state index is 13.2. The van der Waals surface area contributed by atoms with Crippen LogP contribution in [-0.2, 0) is 16.1 Å². The molecule has 2 heterocycles. The summed E-state index contributed by atoms with van der Waals surface area (Å²) in [5.41, 5.74) is 1.71. The number of hydrogen-bond donors (Lipinski definition) is 1. The molecule has 3 amide bonds. The number of hydrogen-bond acceptors (Lipinski definition) is 7. The Hall–Kier alpha value is -5.10. The summed E-state index contributed by atoms with van der Waals surface area (Å²) in [5, 5.41) is 13.7. The van der Waals surface area contributed by atoms with Crippen molar-refractivity contribution in [3.05, 3.63) is 111 Å². The van der Waals surface area contributed by atoms with E-state index in [1.165, 1.54) is 54.6 Å². The van der Waals surface area contributed by atoms with Gasteiger partial charge in [0.05, 0.1) is 16.4 Å². The maximum absolute atomic E-state index is 13.2. The second-order valence-electron chi connectivity index (χ2n) is 8.78. The van der Waals surface area contributed by atoms with E-state index in [1.807, 2.05) is 12.1 Å². The first-order valence-electron chi connectivity index (χ1n) is 11.9. The van der Waals surface area contributed by atoms with Crippen LogP contribution in [0, 0.1) is 15.9 Å². The fourth-order valence-corrected chi connectivity index (χ4v) is 5.02. The molecule has 1 saturated heterocycles. The van der Waals surface area contributed by atoms with Crippen LogP contribution in [0.5, 0.6) is 0 Å². The Balaban J connectivity index is 1.34. The predicted molar refractivity (Wildman–Crippen MR) is 147 cm³/mol. The SMILES string of the molecule is O=C(Cn1cc(/C=C2\SC(=O)N(CC(=O)c3ccc([N+](=O)[O-])cc3)C2=O)c2ccccc21)Nc1ccc(F)cc1. The van der Waals surface area contributed by atoms with Crippen molar-refractivity contribution in [2.45, 2.75) is 6.54 Å². The van der Waals surface area contributed by atoms with E-state index in [-0.39, 0.29) is 28.6 Å². The quantitative estimate of drug-likeness (QED) is 0.135. The minimum Gasteiger partial charge on any atom is -0.337 e. The lowest BCUT2D eigenvalue weighted by atomic mass is 10.1. The zero-order valence-corrected chi connectivity index (χ0v) is 21.4. The second kappa shape index (κ2) is 10.9. The minimum atomic E-state index is -0.642. The molecular formula is C28H19FN4O6S. The molecule has 4 aromatic rings. The third-order valence-electron chi connectivity index (χ3n) is 6.12. The highest BCUT2D eigenvalue weighted by molar-refractivity contribution is 8.18. The Kier molecular flexibility index (Phi) is 7.25. The highest BCUT2D eigenvalue weighted by atomic mass is 32.2. The van der Waals surface area contributed by atoms with Crippen molar-refractivity contribution in [2.24, 2.45) is 0 Å². The van der Waals surface area contributed by atoms with Gasteiger partial charge in [-0.05, 0) is 60.3 Å². The van der Waals surface area contributed by atoms with E-state index >= 15 is 0 Å². The van der Waals surface area contributed by atoms with E-state index in [2.05, 4.69) is 5.32 Å². The molecule has 10 nitrogen and oxygen atoms in total. The van der Waals surface area contributed by atoms with Gasteiger partial charge in [0.1, 0.15) is 12.4 Å². The molecule has 1 aliphatic heterocycles. The van der Waals surface area contributed by atoms with E-state index in [0.29, 0.717) is 23.0 Å². The van der Waals surface area contributed by atoms with Gasteiger partial charge in [-0.15, -0.1) is 0 Å². The number of imide groups is 1. The van der Waals surface area contributed by atoms with Crippen LogP contribution in [0.15, 0.2) is 83.9 Å². The van der Waals surface area contributed by atoms with Crippen molar-refractivity contribution in [3.8, 4) is 0 Å². The number of amides is 3. The molecule has 1 N–H and O–H groups in total. The van der Waals surface area contributed by atoms with Crippen molar-refractivity contribution in [1.82, 2.24) is 9.47 Å². The van der Waals surface area contributed by atoms with Gasteiger partial charge in [-0.25, -0.2) is 4.39 Å². The Bertz CT molecular complexity index is 1710. The smallest absolute Gasteiger partial charge is 0.293 e. The van der Waals surface area contributed by atoms with Crippen LogP contribution >= 0.6 is 11.8 Å². The molecule has 0 unspecified atom stereocenters. The number of nitrogens with zero attached hydrogens (tertiary/aromatic N) is 3. The zero-order chi connectivity index (χ0) is 28.4. The topological polar surface area (TPSA) is 132 Å². The van der Waals surface area contributed by atoms with E-state index in [9.17, 15) is 33.7 Å². The number of non-ortho nitro benzene ring substituents is 1. The van der Waals surface area contributed by atoms with Crippen LogP contribution in [-0.4, -0.2) is 43.8 Å². The number of rotatable bonds is 8. The first-order valence-corrected chi connectivity index (χ1v) is 12.7. The lowest BCUT2D eigenvalue weighted by Gasteiger charge is -2.11. The number of ketones is 1. The highest BCUT2D eigenvalue weighted by Crippen LogP contribution is 2.34. The second-order valence-corrected chi connectivity index (χ2v) is 9.77. The molecule has 0 saturated carbocycles. The number of para-hydroxylation sites is 1. The predicted octanol–water partition coefficient (Wildman–Crippen LogP) is 5.25. The molecular weight excluding hydrogens is 539 g/mol. The lowest BCUT2D eigenvalue weighted by molar-refractivity contribution is -0.384. The van der Waals surface area contributed by atoms with E-state index < -0.39 is 34.2 Å². The largest absolute Gasteiger partial charge is 0.337 e. The standard InChI is InChI=1S/C28H19FN4O6S/c29-19-7-9-20(10-8-19)30-26(35)16-31-14-18(22-3-1-2-4-23(22)31)13-25-27(36)32(28(37)40-25)15-24(34)17-5-11-21(12-6-17)33(38)39/h1-14H,15-16H2,(H,30,35)/b25-13-. The van der Waals surface area contributed by atoms with Crippen molar-refractivity contribution < 1.29 is 28.5 Å². The third kappa shape index (κ3) is 5.52. The van der Waals surface area contributed by atoms with Crippen LogP contribution in [0.1, 0.15) is 15.9 Å². The minimum absolute atomic E-state index is 0.0586. The third-order valence-corrected chi connectivity index (χ3v) is 7.03. The fourth-order valence-electron chi connectivity index (χ4n) is 4.19. The molecule has 40 heavy (non-hydrogen) atoms. The Morgan fingerprint density at radius 2 is 1.68 bits per heavy atom. The normalized spacial score (nSPS) is 14.2. The lowest BCUT2D eigenvalue weighted by Crippen LogP contribution is -2.33. The Morgan fingerprint density at radius 1 is 0.975 bits per heavy atom. The molecule has 1 aliphatic rings. The number of nitro groups is 1. The van der Waals surface area contributed by atoms with Crippen molar-refractivity contribution in [1.29, 1.82) is 0 Å². The molecule has 3 aromatic carbocycles. The van der Waals surface area contributed by atoms with Crippen LogP contribution < -0.4 is 5.32 Å². The Morgan fingerprint density at radius 3 is 2.38 bits per heavy atom. The summed E-state index contributed by atoms with van der Waals surface area (Å²) in [6.45, 7) is -0.567. The first-order chi connectivity index (χ1) is 19.2. The molecule has 200 valence electrons. The first kappa shape index (κ1) is 26.5. The molecule has 0 aliphatic carbocycles. The molecule has 0 radical (unpaired) electrons. The van der Waals surface area contributed by atoms with E-state index in [1.54, 1.807) is 22.9 Å². The van der Waals surface area contributed by atoms with Crippen LogP contribution in [0.2, 0.25) is 0 Å². The number of fused-ring (bicyclic) bond motifs is 1. The highest BCUT2D eigenvalue weighted by Gasteiger charge is 2.36. The number of benzene rings is 3. The molecule has 1 aromatic heterocycles. The van der Waals surface area contributed by atoms with E-state index in [0.717, 1.165) is 15.8 Å². The number of thioether (sulfide) groups is 1. The van der Waals surface area contributed by atoms with Gasteiger partial charge in [0.2, 0.25) is 5.91 Å². The summed E-state index contributed by atoms with van der Waals surface area (Å²) in [6.07, 6.45) is 3.23. The number of anilines is 1. The number of Topliss-reactive ketones (excluding diaryl/α,β-unsaturated/α-hetero) is 1. The molecule has 0 bridgehead atoms. The van der Waals surface area contributed by atoms with Crippen LogP contribution in [0.25, 0.3) is 17.0 Å². The summed E-state index contributed by atoms with van der Waals surface area (Å²) >= 11 is 0.693. The van der Waals surface area contributed by atoms with Crippen molar-refractivity contribution in [2.75, 3.05) is 11.9 Å². The summed E-state index contributed by atoms with van der Waals surface area (Å²) in [5.74, 6) is -1.94. The molecule has 1 fully saturated rings. The van der Waals surface area contributed by atoms with Crippen molar-refractivity contribution in [3.63, 3.8) is 0 Å². The maximum Gasteiger partial charge on any atom is 0.293 e. The number of halogens is 1. The average molecular weight is 559 g/mol. The number of nitro benzene ring substituents is 1. The van der Waals surface area contributed by atoms with Crippen molar-refractivity contribution >= 4 is 63.0 Å². The van der Waals surface area contributed by atoms with Gasteiger partial charge in [0.15, 0.2) is 5.78 Å². The van der Waals surface area contributed by atoms with Gasteiger partial charge >= 0.3 is 0 Å². The molecule has 0 atom stereocenters. The molecule has 0 spiro atoms.